The SMILES string of the molecule is O=C(O)C1(c2cccc(OC3CCSCC3)c2)CCC1. The Labute approximate surface area is 123 Å². The lowest BCUT2D eigenvalue weighted by Crippen LogP contribution is -2.42. The summed E-state index contributed by atoms with van der Waals surface area (Å²) in [5, 5.41) is 9.51. The number of carboxylic acid groups (broad SMARTS) is 1. The van der Waals surface area contributed by atoms with Gasteiger partial charge in [0.25, 0.3) is 0 Å². The van der Waals surface area contributed by atoms with Gasteiger partial charge < -0.3 is 9.84 Å². The number of ether oxygens (including phenoxy) is 1. The van der Waals surface area contributed by atoms with Crippen molar-refractivity contribution in [3.05, 3.63) is 29.8 Å². The maximum atomic E-state index is 11.6. The third-order valence-corrected chi connectivity index (χ3v) is 5.52. The van der Waals surface area contributed by atoms with Crippen molar-refractivity contribution in [2.75, 3.05) is 11.5 Å². The van der Waals surface area contributed by atoms with E-state index in [-0.39, 0.29) is 6.10 Å². The first kappa shape index (κ1) is 13.8. The molecule has 4 heteroatoms. The van der Waals surface area contributed by atoms with Gasteiger partial charge in [-0.05, 0) is 54.9 Å². The van der Waals surface area contributed by atoms with Crippen LogP contribution >= 0.6 is 11.8 Å². The van der Waals surface area contributed by atoms with Crippen LogP contribution in [0, 0.1) is 0 Å². The van der Waals surface area contributed by atoms with Gasteiger partial charge in [0.05, 0.1) is 5.41 Å². The average molecular weight is 292 g/mol. The lowest BCUT2D eigenvalue weighted by atomic mass is 9.64. The van der Waals surface area contributed by atoms with Crippen molar-refractivity contribution in [2.24, 2.45) is 0 Å². The van der Waals surface area contributed by atoms with Gasteiger partial charge in [0.1, 0.15) is 11.9 Å². The molecule has 2 aliphatic rings. The van der Waals surface area contributed by atoms with Crippen molar-refractivity contribution in [1.29, 1.82) is 0 Å². The van der Waals surface area contributed by atoms with Crippen LogP contribution < -0.4 is 4.74 Å². The predicted octanol–water partition coefficient (Wildman–Crippen LogP) is 3.47. The Kier molecular flexibility index (Phi) is 3.92. The molecule has 1 aromatic carbocycles. The van der Waals surface area contributed by atoms with Crippen LogP contribution in [0.2, 0.25) is 0 Å². The standard InChI is InChI=1S/C16H20O3S/c17-15(18)16(7-2-8-16)12-3-1-4-14(11-12)19-13-5-9-20-10-6-13/h1,3-4,11,13H,2,5-10H2,(H,17,18). The van der Waals surface area contributed by atoms with Gasteiger partial charge in [0.15, 0.2) is 0 Å². The van der Waals surface area contributed by atoms with E-state index in [4.69, 9.17) is 4.74 Å². The van der Waals surface area contributed by atoms with E-state index in [1.165, 1.54) is 0 Å². The summed E-state index contributed by atoms with van der Waals surface area (Å²) in [4.78, 5) is 11.6. The van der Waals surface area contributed by atoms with Crippen LogP contribution in [0.1, 0.15) is 37.7 Å². The number of benzene rings is 1. The second-order valence-electron chi connectivity index (χ2n) is 5.70. The molecule has 0 spiro atoms. The first-order valence-electron chi connectivity index (χ1n) is 7.29. The maximum absolute atomic E-state index is 11.6. The number of aliphatic carboxylic acids is 1. The topological polar surface area (TPSA) is 46.5 Å². The van der Waals surface area contributed by atoms with Gasteiger partial charge in [0.2, 0.25) is 0 Å². The van der Waals surface area contributed by atoms with E-state index < -0.39 is 11.4 Å². The average Bonchev–Trinajstić information content (AvgIpc) is 2.38. The zero-order valence-electron chi connectivity index (χ0n) is 11.5. The molecule has 0 atom stereocenters. The molecule has 3 rings (SSSR count). The van der Waals surface area contributed by atoms with E-state index in [0.717, 1.165) is 54.9 Å². The van der Waals surface area contributed by atoms with E-state index in [1.54, 1.807) is 0 Å². The monoisotopic (exact) mass is 292 g/mol. The zero-order valence-corrected chi connectivity index (χ0v) is 12.3. The summed E-state index contributed by atoms with van der Waals surface area (Å²) in [6, 6.07) is 7.73. The van der Waals surface area contributed by atoms with Gasteiger partial charge in [0, 0.05) is 0 Å². The minimum absolute atomic E-state index is 0.286. The minimum atomic E-state index is -0.699. The summed E-state index contributed by atoms with van der Waals surface area (Å²) >= 11 is 1.98. The first-order chi connectivity index (χ1) is 9.71. The Hall–Kier alpha value is -1.16. The van der Waals surface area contributed by atoms with E-state index in [2.05, 4.69) is 0 Å². The van der Waals surface area contributed by atoms with E-state index in [1.807, 2.05) is 36.0 Å². The van der Waals surface area contributed by atoms with Crippen LogP contribution in [-0.4, -0.2) is 28.7 Å². The predicted molar refractivity (Wildman–Crippen MR) is 80.6 cm³/mol. The molecule has 0 radical (unpaired) electrons. The minimum Gasteiger partial charge on any atom is -0.490 e. The van der Waals surface area contributed by atoms with Crippen LogP contribution in [0.5, 0.6) is 5.75 Å². The van der Waals surface area contributed by atoms with Crippen molar-refractivity contribution in [3.8, 4) is 5.75 Å². The van der Waals surface area contributed by atoms with Crippen LogP contribution in [-0.2, 0) is 10.2 Å². The van der Waals surface area contributed by atoms with Gasteiger partial charge in [-0.3, -0.25) is 4.79 Å². The third-order valence-electron chi connectivity index (χ3n) is 4.47. The molecule has 0 unspecified atom stereocenters. The molecule has 0 amide bonds. The summed E-state index contributed by atoms with van der Waals surface area (Å²) in [6.07, 6.45) is 4.93. The molecular formula is C16H20O3S. The molecule has 1 N–H and O–H groups in total. The molecule has 2 fully saturated rings. The Bertz CT molecular complexity index is 490. The summed E-state index contributed by atoms with van der Waals surface area (Å²) in [6.45, 7) is 0. The van der Waals surface area contributed by atoms with Gasteiger partial charge in [-0.2, -0.15) is 11.8 Å². The van der Waals surface area contributed by atoms with Crippen LogP contribution in [0.25, 0.3) is 0 Å². The van der Waals surface area contributed by atoms with Crippen LogP contribution in [0.3, 0.4) is 0 Å². The quantitative estimate of drug-likeness (QED) is 0.923. The van der Waals surface area contributed by atoms with Crippen molar-refractivity contribution < 1.29 is 14.6 Å². The molecule has 1 aliphatic carbocycles. The zero-order chi connectivity index (χ0) is 14.0. The molecule has 1 heterocycles. The summed E-state index contributed by atoms with van der Waals surface area (Å²) < 4.78 is 6.03. The van der Waals surface area contributed by atoms with Crippen molar-refractivity contribution in [2.45, 2.75) is 43.6 Å². The molecule has 1 aromatic rings. The van der Waals surface area contributed by atoms with Crippen LogP contribution in [0.4, 0.5) is 0 Å². The van der Waals surface area contributed by atoms with E-state index in [0.29, 0.717) is 0 Å². The second kappa shape index (κ2) is 5.68. The highest BCUT2D eigenvalue weighted by atomic mass is 32.2. The molecule has 1 aliphatic heterocycles. The number of rotatable bonds is 4. The highest BCUT2D eigenvalue weighted by molar-refractivity contribution is 7.99. The number of carbonyl (C=O) groups is 1. The van der Waals surface area contributed by atoms with Gasteiger partial charge in [-0.25, -0.2) is 0 Å². The Balaban J connectivity index is 1.77. The van der Waals surface area contributed by atoms with E-state index >= 15 is 0 Å². The lowest BCUT2D eigenvalue weighted by Gasteiger charge is -2.38. The third kappa shape index (κ3) is 2.53. The van der Waals surface area contributed by atoms with Crippen molar-refractivity contribution in [3.63, 3.8) is 0 Å². The molecule has 108 valence electrons. The molecular weight excluding hydrogens is 272 g/mol. The largest absolute Gasteiger partial charge is 0.490 e. The molecule has 20 heavy (non-hydrogen) atoms. The van der Waals surface area contributed by atoms with Crippen molar-refractivity contribution in [1.82, 2.24) is 0 Å². The lowest BCUT2D eigenvalue weighted by molar-refractivity contribution is -0.147. The highest BCUT2D eigenvalue weighted by Crippen LogP contribution is 2.44. The summed E-state index contributed by atoms with van der Waals surface area (Å²) in [7, 11) is 0. The number of thioether (sulfide) groups is 1. The molecule has 3 nitrogen and oxygen atoms in total. The number of hydrogen-bond donors (Lipinski definition) is 1. The van der Waals surface area contributed by atoms with E-state index in [9.17, 15) is 9.90 Å². The van der Waals surface area contributed by atoms with Gasteiger partial charge in [-0.15, -0.1) is 0 Å². The fourth-order valence-corrected chi connectivity index (χ4v) is 4.07. The second-order valence-corrected chi connectivity index (χ2v) is 6.92. The Morgan fingerprint density at radius 2 is 2.05 bits per heavy atom. The summed E-state index contributed by atoms with van der Waals surface area (Å²) in [5.74, 6) is 2.44. The first-order valence-corrected chi connectivity index (χ1v) is 8.44. The number of carboxylic acids is 1. The number of hydrogen-bond acceptors (Lipinski definition) is 3. The Morgan fingerprint density at radius 3 is 2.65 bits per heavy atom. The smallest absolute Gasteiger partial charge is 0.314 e. The molecule has 0 bridgehead atoms. The fraction of sp³-hybridized carbons (Fsp3) is 0.562. The van der Waals surface area contributed by atoms with Gasteiger partial charge in [-0.1, -0.05) is 18.6 Å². The van der Waals surface area contributed by atoms with Crippen LogP contribution in [0.15, 0.2) is 24.3 Å². The summed E-state index contributed by atoms with van der Waals surface area (Å²) in [5.41, 5.74) is 0.237. The van der Waals surface area contributed by atoms with Crippen molar-refractivity contribution >= 4 is 17.7 Å². The molecule has 0 aromatic heterocycles. The normalized spacial score (nSPS) is 22.0. The van der Waals surface area contributed by atoms with Gasteiger partial charge >= 0.3 is 5.97 Å². The molecule has 1 saturated heterocycles. The highest BCUT2D eigenvalue weighted by Gasteiger charge is 2.46. The Morgan fingerprint density at radius 1 is 1.30 bits per heavy atom. The fourth-order valence-electron chi connectivity index (χ4n) is 3.01. The molecule has 1 saturated carbocycles. The maximum Gasteiger partial charge on any atom is 0.314 e.